The summed E-state index contributed by atoms with van der Waals surface area (Å²) in [4.78, 5) is 11.3. The van der Waals surface area contributed by atoms with Crippen molar-refractivity contribution in [1.82, 2.24) is 0 Å². The van der Waals surface area contributed by atoms with Crippen molar-refractivity contribution in [2.24, 2.45) is 5.92 Å². The number of rotatable bonds is 2. The Bertz CT molecular complexity index is 394. The van der Waals surface area contributed by atoms with Gasteiger partial charge in [-0.2, -0.15) is 0 Å². The molecule has 1 fully saturated rings. The zero-order valence-corrected chi connectivity index (χ0v) is 10.1. The Labute approximate surface area is 97.4 Å². The van der Waals surface area contributed by atoms with Gasteiger partial charge in [0.2, 0.25) is 0 Å². The highest BCUT2D eigenvalue weighted by atomic mass is 79.9. The van der Waals surface area contributed by atoms with Crippen LogP contribution in [0.15, 0.2) is 28.7 Å². The van der Waals surface area contributed by atoms with Crippen molar-refractivity contribution in [2.75, 3.05) is 0 Å². The van der Waals surface area contributed by atoms with Crippen LogP contribution in [0.3, 0.4) is 0 Å². The second kappa shape index (κ2) is 3.63. The summed E-state index contributed by atoms with van der Waals surface area (Å²) in [5.41, 5.74) is 0.283. The van der Waals surface area contributed by atoms with E-state index in [4.69, 9.17) is 0 Å². The van der Waals surface area contributed by atoms with E-state index in [-0.39, 0.29) is 0 Å². The summed E-state index contributed by atoms with van der Waals surface area (Å²) in [7, 11) is 0. The van der Waals surface area contributed by atoms with Crippen LogP contribution in [0.2, 0.25) is 0 Å². The van der Waals surface area contributed by atoms with Gasteiger partial charge in [-0.25, -0.2) is 0 Å². The zero-order chi connectivity index (χ0) is 11.1. The van der Waals surface area contributed by atoms with E-state index in [0.717, 1.165) is 22.9 Å². The molecule has 1 aromatic carbocycles. The average Bonchev–Trinajstić information content (AvgIpc) is 2.12. The molecule has 0 bridgehead atoms. The first-order valence-electron chi connectivity index (χ1n) is 5.04. The van der Waals surface area contributed by atoms with Gasteiger partial charge in [0.15, 0.2) is 0 Å². The summed E-state index contributed by atoms with van der Waals surface area (Å²) >= 11 is 3.38. The molecule has 0 amide bonds. The van der Waals surface area contributed by atoms with Crippen molar-refractivity contribution < 1.29 is 9.90 Å². The van der Waals surface area contributed by atoms with Gasteiger partial charge in [-0.15, -0.1) is 0 Å². The number of halogens is 1. The first kappa shape index (κ1) is 10.7. The molecule has 0 aliphatic heterocycles. The van der Waals surface area contributed by atoms with Gasteiger partial charge in [-0.3, -0.25) is 4.79 Å². The smallest absolute Gasteiger partial charge is 0.314 e. The standard InChI is InChI=1S/C12H13BrO2/c1-8-6-12(7-8,11(14)15)9-3-2-4-10(13)5-9/h2-5,8H,6-7H2,1H3,(H,14,15). The van der Waals surface area contributed by atoms with Crippen LogP contribution < -0.4 is 0 Å². The van der Waals surface area contributed by atoms with Gasteiger partial charge in [-0.1, -0.05) is 35.0 Å². The van der Waals surface area contributed by atoms with Crippen molar-refractivity contribution >= 4 is 21.9 Å². The summed E-state index contributed by atoms with van der Waals surface area (Å²) in [5.74, 6) is -0.182. The fourth-order valence-electron chi connectivity index (χ4n) is 2.45. The molecule has 3 heteroatoms. The van der Waals surface area contributed by atoms with Crippen molar-refractivity contribution in [3.63, 3.8) is 0 Å². The van der Waals surface area contributed by atoms with Gasteiger partial charge < -0.3 is 5.11 Å². The number of hydrogen-bond acceptors (Lipinski definition) is 1. The summed E-state index contributed by atoms with van der Waals surface area (Å²) in [5, 5.41) is 9.33. The fourth-order valence-corrected chi connectivity index (χ4v) is 2.85. The Morgan fingerprint density at radius 3 is 2.67 bits per heavy atom. The molecule has 2 nitrogen and oxygen atoms in total. The van der Waals surface area contributed by atoms with E-state index in [0.29, 0.717) is 5.92 Å². The van der Waals surface area contributed by atoms with Gasteiger partial charge in [0.25, 0.3) is 0 Å². The van der Waals surface area contributed by atoms with Crippen LogP contribution in [-0.2, 0) is 10.2 Å². The Kier molecular flexibility index (Phi) is 2.59. The molecule has 1 saturated carbocycles. The second-order valence-electron chi connectivity index (χ2n) is 4.41. The molecule has 0 radical (unpaired) electrons. The van der Waals surface area contributed by atoms with Crippen LogP contribution >= 0.6 is 15.9 Å². The van der Waals surface area contributed by atoms with E-state index >= 15 is 0 Å². The van der Waals surface area contributed by atoms with Crippen molar-refractivity contribution in [3.05, 3.63) is 34.3 Å². The molecule has 0 spiro atoms. The Balaban J connectivity index is 2.39. The average molecular weight is 269 g/mol. The molecule has 1 aliphatic carbocycles. The number of carboxylic acids is 1. The Morgan fingerprint density at radius 1 is 1.53 bits per heavy atom. The maximum Gasteiger partial charge on any atom is 0.314 e. The Hall–Kier alpha value is -0.830. The summed E-state index contributed by atoms with van der Waals surface area (Å²) in [6, 6.07) is 7.64. The highest BCUT2D eigenvalue weighted by molar-refractivity contribution is 9.10. The molecule has 0 heterocycles. The minimum absolute atomic E-state index is 0.514. The molecule has 1 aliphatic rings. The maximum atomic E-state index is 11.3. The first-order chi connectivity index (χ1) is 7.04. The van der Waals surface area contributed by atoms with Crippen LogP contribution in [0.25, 0.3) is 0 Å². The van der Waals surface area contributed by atoms with E-state index in [1.54, 1.807) is 0 Å². The van der Waals surface area contributed by atoms with Gasteiger partial charge in [-0.05, 0) is 36.5 Å². The first-order valence-corrected chi connectivity index (χ1v) is 5.83. The lowest BCUT2D eigenvalue weighted by Gasteiger charge is -2.43. The fraction of sp³-hybridized carbons (Fsp3) is 0.417. The normalized spacial score (nSPS) is 29.6. The third kappa shape index (κ3) is 1.69. The molecular formula is C12H13BrO2. The predicted molar refractivity (Wildman–Crippen MR) is 61.9 cm³/mol. The molecule has 0 saturated heterocycles. The third-order valence-corrected chi connectivity index (χ3v) is 3.67. The Morgan fingerprint density at radius 2 is 2.20 bits per heavy atom. The molecule has 2 rings (SSSR count). The molecule has 0 aromatic heterocycles. The predicted octanol–water partition coefficient (Wildman–Crippen LogP) is 3.20. The van der Waals surface area contributed by atoms with Gasteiger partial charge in [0, 0.05) is 4.47 Å². The van der Waals surface area contributed by atoms with Gasteiger partial charge in [0.05, 0.1) is 5.41 Å². The number of aliphatic carboxylic acids is 1. The van der Waals surface area contributed by atoms with Crippen LogP contribution in [0, 0.1) is 5.92 Å². The topological polar surface area (TPSA) is 37.3 Å². The van der Waals surface area contributed by atoms with E-state index in [2.05, 4.69) is 22.9 Å². The highest BCUT2D eigenvalue weighted by Gasteiger charge is 2.49. The summed E-state index contributed by atoms with van der Waals surface area (Å²) < 4.78 is 0.945. The lowest BCUT2D eigenvalue weighted by molar-refractivity contribution is -0.149. The van der Waals surface area contributed by atoms with Gasteiger partial charge in [0.1, 0.15) is 0 Å². The molecule has 0 unspecified atom stereocenters. The third-order valence-electron chi connectivity index (χ3n) is 3.18. The summed E-state index contributed by atoms with van der Waals surface area (Å²) in [6.45, 7) is 2.10. The van der Waals surface area contributed by atoms with E-state index in [1.807, 2.05) is 24.3 Å². The molecule has 1 aromatic rings. The lowest BCUT2D eigenvalue weighted by atomic mass is 9.59. The minimum Gasteiger partial charge on any atom is -0.481 e. The largest absolute Gasteiger partial charge is 0.481 e. The molecular weight excluding hydrogens is 256 g/mol. The summed E-state index contributed by atoms with van der Waals surface area (Å²) in [6.07, 6.45) is 1.50. The minimum atomic E-state index is -0.696. The van der Waals surface area contributed by atoms with Gasteiger partial charge >= 0.3 is 5.97 Å². The van der Waals surface area contributed by atoms with E-state index in [9.17, 15) is 9.90 Å². The molecule has 0 atom stereocenters. The highest BCUT2D eigenvalue weighted by Crippen LogP contribution is 2.48. The number of carboxylic acid groups (broad SMARTS) is 1. The number of carbonyl (C=O) groups is 1. The van der Waals surface area contributed by atoms with Crippen LogP contribution in [0.5, 0.6) is 0 Å². The van der Waals surface area contributed by atoms with Crippen molar-refractivity contribution in [2.45, 2.75) is 25.2 Å². The zero-order valence-electron chi connectivity index (χ0n) is 8.53. The lowest BCUT2D eigenvalue weighted by Crippen LogP contribution is -2.46. The number of hydrogen-bond donors (Lipinski definition) is 1. The maximum absolute atomic E-state index is 11.3. The van der Waals surface area contributed by atoms with Crippen molar-refractivity contribution in [3.8, 4) is 0 Å². The molecule has 80 valence electrons. The van der Waals surface area contributed by atoms with Crippen molar-refractivity contribution in [1.29, 1.82) is 0 Å². The monoisotopic (exact) mass is 268 g/mol. The molecule has 1 N–H and O–H groups in total. The van der Waals surface area contributed by atoms with Crippen LogP contribution in [0.4, 0.5) is 0 Å². The SMILES string of the molecule is CC1CC(C(=O)O)(c2cccc(Br)c2)C1. The van der Waals surface area contributed by atoms with Crippen LogP contribution in [-0.4, -0.2) is 11.1 Å². The molecule has 15 heavy (non-hydrogen) atoms. The van der Waals surface area contributed by atoms with E-state index in [1.165, 1.54) is 0 Å². The van der Waals surface area contributed by atoms with Crippen LogP contribution in [0.1, 0.15) is 25.3 Å². The second-order valence-corrected chi connectivity index (χ2v) is 5.33. The quantitative estimate of drug-likeness (QED) is 0.895. The number of benzene rings is 1. The van der Waals surface area contributed by atoms with E-state index < -0.39 is 11.4 Å².